The monoisotopic (exact) mass is 474 g/mol. The van der Waals surface area contributed by atoms with Gasteiger partial charge in [0.2, 0.25) is 0 Å². The molecule has 1 saturated heterocycles. The molecule has 4 rings (SSSR count). The third kappa shape index (κ3) is 4.97. The Bertz CT molecular complexity index is 1220. The molecule has 1 fully saturated rings. The number of amides is 1. The fourth-order valence-corrected chi connectivity index (χ4v) is 5.53. The maximum Gasteiger partial charge on any atom is 0.407 e. The molecular formula is C27H30N4O2S. The Hall–Kier alpha value is -3.24. The zero-order valence-corrected chi connectivity index (χ0v) is 20.7. The second-order valence-electron chi connectivity index (χ2n) is 9.28. The first kappa shape index (κ1) is 23.9. The number of hydrogen-bond donors (Lipinski definition) is 1. The summed E-state index contributed by atoms with van der Waals surface area (Å²) >= 11 is 1.36. The maximum atomic E-state index is 11.3. The van der Waals surface area contributed by atoms with E-state index in [1.807, 2.05) is 18.2 Å². The number of carboxylic acid groups (broad SMARTS) is 1. The van der Waals surface area contributed by atoms with Crippen molar-refractivity contribution in [1.29, 1.82) is 5.26 Å². The topological polar surface area (TPSA) is 90.1 Å². The van der Waals surface area contributed by atoms with Crippen LogP contribution in [-0.4, -0.2) is 38.5 Å². The van der Waals surface area contributed by atoms with Crippen LogP contribution < -0.4 is 0 Å². The summed E-state index contributed by atoms with van der Waals surface area (Å²) in [7, 11) is 0. The van der Waals surface area contributed by atoms with Crippen LogP contribution in [0, 0.1) is 17.2 Å². The molecule has 0 radical (unpaired) electrons. The van der Waals surface area contributed by atoms with Gasteiger partial charge >= 0.3 is 6.09 Å². The van der Waals surface area contributed by atoms with Crippen molar-refractivity contribution in [2.24, 2.45) is 5.92 Å². The van der Waals surface area contributed by atoms with Crippen molar-refractivity contribution in [2.45, 2.75) is 52.4 Å². The zero-order valence-electron chi connectivity index (χ0n) is 19.9. The number of benzene rings is 2. The average Bonchev–Trinajstić information content (AvgIpc) is 3.33. The van der Waals surface area contributed by atoms with Gasteiger partial charge in [-0.15, -0.1) is 0 Å². The number of rotatable bonds is 6. The van der Waals surface area contributed by atoms with Crippen LogP contribution in [0.1, 0.15) is 61.8 Å². The number of piperidine rings is 1. The van der Waals surface area contributed by atoms with Gasteiger partial charge in [-0.25, -0.2) is 9.78 Å². The van der Waals surface area contributed by atoms with Gasteiger partial charge in [-0.2, -0.15) is 9.64 Å². The first-order chi connectivity index (χ1) is 16.4. The van der Waals surface area contributed by atoms with E-state index < -0.39 is 6.09 Å². The summed E-state index contributed by atoms with van der Waals surface area (Å²) in [6, 6.07) is 14.6. The van der Waals surface area contributed by atoms with E-state index in [1.165, 1.54) is 27.6 Å². The maximum absolute atomic E-state index is 11.3. The molecule has 34 heavy (non-hydrogen) atoms. The molecular weight excluding hydrogens is 444 g/mol. The lowest BCUT2D eigenvalue weighted by molar-refractivity contribution is 0.132. The average molecular weight is 475 g/mol. The molecule has 7 heteroatoms. The predicted octanol–water partition coefficient (Wildman–Crippen LogP) is 6.36. The summed E-state index contributed by atoms with van der Waals surface area (Å²) in [6.07, 6.45) is 2.57. The van der Waals surface area contributed by atoms with Gasteiger partial charge < -0.3 is 10.0 Å². The zero-order chi connectivity index (χ0) is 24.2. The van der Waals surface area contributed by atoms with Gasteiger partial charge in [-0.3, -0.25) is 0 Å². The molecule has 0 bridgehead atoms. The second kappa shape index (κ2) is 10.4. The Morgan fingerprint density at radius 1 is 1.26 bits per heavy atom. The minimum atomic E-state index is -0.834. The second-order valence-corrected chi connectivity index (χ2v) is 10.0. The summed E-state index contributed by atoms with van der Waals surface area (Å²) in [4.78, 5) is 17.6. The SMILES string of the molecule is CCc1c(-c2nsc(-c3ccc(CC(C)C)c(C#N)c3)n2)cccc1C1CCN(C(=O)O)CC1. The van der Waals surface area contributed by atoms with E-state index in [1.54, 1.807) is 0 Å². The predicted molar refractivity (Wildman–Crippen MR) is 135 cm³/mol. The molecule has 176 valence electrons. The van der Waals surface area contributed by atoms with Crippen LogP contribution in [0.3, 0.4) is 0 Å². The van der Waals surface area contributed by atoms with Gasteiger partial charge in [0.05, 0.1) is 11.6 Å². The summed E-state index contributed by atoms with van der Waals surface area (Å²) in [6.45, 7) is 7.59. The molecule has 0 aliphatic carbocycles. The van der Waals surface area contributed by atoms with Crippen LogP contribution in [0.4, 0.5) is 4.79 Å². The molecule has 2 aromatic carbocycles. The Labute approximate surface area is 205 Å². The van der Waals surface area contributed by atoms with E-state index >= 15 is 0 Å². The van der Waals surface area contributed by atoms with E-state index in [4.69, 9.17) is 4.98 Å². The van der Waals surface area contributed by atoms with E-state index in [9.17, 15) is 15.2 Å². The number of aromatic nitrogens is 2. The van der Waals surface area contributed by atoms with E-state index in [0.717, 1.165) is 47.4 Å². The largest absolute Gasteiger partial charge is 0.465 e. The summed E-state index contributed by atoms with van der Waals surface area (Å²) in [5, 5.41) is 19.7. The number of hydrogen-bond acceptors (Lipinski definition) is 5. The normalized spacial score (nSPS) is 14.4. The summed E-state index contributed by atoms with van der Waals surface area (Å²) < 4.78 is 4.68. The number of likely N-dealkylation sites (tertiary alicyclic amines) is 1. The molecule has 0 atom stereocenters. The van der Waals surface area contributed by atoms with Crippen LogP contribution in [-0.2, 0) is 12.8 Å². The minimum Gasteiger partial charge on any atom is -0.465 e. The van der Waals surface area contributed by atoms with Crippen LogP contribution in [0.5, 0.6) is 0 Å². The lowest BCUT2D eigenvalue weighted by atomic mass is 9.84. The molecule has 1 aliphatic rings. The third-order valence-corrected chi connectivity index (χ3v) is 7.31. The Balaban J connectivity index is 1.62. The highest BCUT2D eigenvalue weighted by Gasteiger charge is 2.26. The van der Waals surface area contributed by atoms with Gasteiger partial charge in [0.25, 0.3) is 0 Å². The number of nitrogens with zero attached hydrogens (tertiary/aromatic N) is 4. The van der Waals surface area contributed by atoms with Crippen molar-refractivity contribution in [3.63, 3.8) is 0 Å². The van der Waals surface area contributed by atoms with Crippen LogP contribution in [0.15, 0.2) is 36.4 Å². The van der Waals surface area contributed by atoms with Crippen LogP contribution in [0.25, 0.3) is 22.0 Å². The molecule has 3 aromatic rings. The van der Waals surface area contributed by atoms with E-state index in [0.29, 0.717) is 36.3 Å². The molecule has 0 unspecified atom stereocenters. The fourth-order valence-electron chi connectivity index (χ4n) is 4.85. The highest BCUT2D eigenvalue weighted by Crippen LogP contribution is 2.36. The molecule has 2 heterocycles. The van der Waals surface area contributed by atoms with Crippen molar-refractivity contribution in [3.05, 3.63) is 58.7 Å². The van der Waals surface area contributed by atoms with E-state index in [-0.39, 0.29) is 0 Å². The van der Waals surface area contributed by atoms with Crippen molar-refractivity contribution in [1.82, 2.24) is 14.3 Å². The summed E-state index contributed by atoms with van der Waals surface area (Å²) in [5.41, 5.74) is 6.26. The van der Waals surface area contributed by atoms with Crippen LogP contribution >= 0.6 is 11.5 Å². The third-order valence-electron chi connectivity index (χ3n) is 6.54. The quantitative estimate of drug-likeness (QED) is 0.449. The van der Waals surface area contributed by atoms with Crippen LogP contribution in [0.2, 0.25) is 0 Å². The van der Waals surface area contributed by atoms with Gasteiger partial charge in [0.1, 0.15) is 5.01 Å². The number of nitriles is 1. The number of carbonyl (C=O) groups is 1. The molecule has 6 nitrogen and oxygen atoms in total. The smallest absolute Gasteiger partial charge is 0.407 e. The van der Waals surface area contributed by atoms with Crippen molar-refractivity contribution in [2.75, 3.05) is 13.1 Å². The Morgan fingerprint density at radius 3 is 2.68 bits per heavy atom. The lowest BCUT2D eigenvalue weighted by Crippen LogP contribution is -2.37. The Morgan fingerprint density at radius 2 is 2.03 bits per heavy atom. The molecule has 1 aromatic heterocycles. The minimum absolute atomic E-state index is 0.343. The van der Waals surface area contributed by atoms with Crippen molar-refractivity contribution >= 4 is 17.6 Å². The molecule has 1 aliphatic heterocycles. The Kier molecular flexibility index (Phi) is 7.28. The lowest BCUT2D eigenvalue weighted by Gasteiger charge is -2.31. The molecule has 1 amide bonds. The van der Waals surface area contributed by atoms with Gasteiger partial charge in [0.15, 0.2) is 5.82 Å². The molecule has 0 spiro atoms. The first-order valence-corrected chi connectivity index (χ1v) is 12.7. The van der Waals surface area contributed by atoms with Crippen molar-refractivity contribution in [3.8, 4) is 28.0 Å². The standard InChI is InChI=1S/C27H30N4O2S/c1-4-22-23(18-10-12-31(13-11-18)27(32)33)6-5-7-24(22)25-29-26(34-30-25)20-9-8-19(14-17(2)3)21(15-20)16-28/h5-9,15,17-18H,4,10-14H2,1-3H3,(H,32,33). The highest BCUT2D eigenvalue weighted by atomic mass is 32.1. The molecule has 0 saturated carbocycles. The van der Waals surface area contributed by atoms with Gasteiger partial charge in [0, 0.05) is 24.2 Å². The van der Waals surface area contributed by atoms with E-state index in [2.05, 4.69) is 49.4 Å². The molecule has 1 N–H and O–H groups in total. The van der Waals surface area contributed by atoms with Crippen molar-refractivity contribution < 1.29 is 9.90 Å². The first-order valence-electron chi connectivity index (χ1n) is 11.9. The van der Waals surface area contributed by atoms with Gasteiger partial charge in [-0.05, 0) is 71.8 Å². The highest BCUT2D eigenvalue weighted by molar-refractivity contribution is 7.09. The summed E-state index contributed by atoms with van der Waals surface area (Å²) in [5.74, 6) is 1.55. The van der Waals surface area contributed by atoms with Gasteiger partial charge in [-0.1, -0.05) is 51.1 Å². The fraction of sp³-hybridized carbons (Fsp3) is 0.407.